The molecule has 0 spiro atoms. The number of amides is 1. The molecule has 2 aromatic carbocycles. The van der Waals surface area contributed by atoms with Crippen molar-refractivity contribution >= 4 is 62.4 Å². The molecule has 2 aromatic rings. The summed E-state index contributed by atoms with van der Waals surface area (Å²) in [6.07, 6.45) is 1.08. The van der Waals surface area contributed by atoms with E-state index in [2.05, 4.69) is 5.32 Å². The Kier molecular flexibility index (Phi) is 8.64. The monoisotopic (exact) mass is 532 g/mol. The van der Waals surface area contributed by atoms with Gasteiger partial charge in [0.2, 0.25) is 15.9 Å². The average Bonchev–Trinajstić information content (AvgIpc) is 2.77. The van der Waals surface area contributed by atoms with Gasteiger partial charge in [0.25, 0.3) is 0 Å². The first-order chi connectivity index (χ1) is 15.6. The number of halogens is 3. The highest BCUT2D eigenvalue weighted by atomic mass is 35.5. The maximum absolute atomic E-state index is 13.0. The fourth-order valence-corrected chi connectivity index (χ4v) is 6.18. The predicted octanol–water partition coefficient (Wildman–Crippen LogP) is 5.00. The van der Waals surface area contributed by atoms with Crippen molar-refractivity contribution in [3.63, 3.8) is 0 Å². The summed E-state index contributed by atoms with van der Waals surface area (Å²) in [7, 11) is -3.74. The molecule has 0 bridgehead atoms. The summed E-state index contributed by atoms with van der Waals surface area (Å²) in [4.78, 5) is 24.7. The zero-order valence-electron chi connectivity index (χ0n) is 17.8. The molecule has 1 amide bonds. The van der Waals surface area contributed by atoms with E-state index >= 15 is 0 Å². The summed E-state index contributed by atoms with van der Waals surface area (Å²) < 4.78 is 32.2. The smallest absolute Gasteiger partial charge is 0.339 e. The van der Waals surface area contributed by atoms with E-state index in [1.807, 2.05) is 0 Å². The number of sulfonamides is 1. The summed E-state index contributed by atoms with van der Waals surface area (Å²) in [5.74, 6) is -1.76. The highest BCUT2D eigenvalue weighted by Crippen LogP contribution is 2.29. The molecule has 1 N–H and O–H groups in total. The van der Waals surface area contributed by atoms with Gasteiger partial charge in [0.1, 0.15) is 0 Å². The van der Waals surface area contributed by atoms with Crippen LogP contribution in [0.3, 0.4) is 0 Å². The summed E-state index contributed by atoms with van der Waals surface area (Å²) >= 11 is 18.4. The summed E-state index contributed by atoms with van der Waals surface area (Å²) in [6, 6.07) is 9.30. The first-order valence-electron chi connectivity index (χ1n) is 10.3. The molecule has 0 aliphatic carbocycles. The van der Waals surface area contributed by atoms with Gasteiger partial charge in [0.15, 0.2) is 0 Å². The van der Waals surface area contributed by atoms with E-state index < -0.39 is 21.9 Å². The van der Waals surface area contributed by atoms with Crippen molar-refractivity contribution in [2.45, 2.75) is 25.5 Å². The van der Waals surface area contributed by atoms with E-state index in [4.69, 9.17) is 39.5 Å². The van der Waals surface area contributed by atoms with E-state index in [0.717, 1.165) is 0 Å². The van der Waals surface area contributed by atoms with E-state index in [-0.39, 0.29) is 45.4 Å². The van der Waals surface area contributed by atoms with Crippen LogP contribution in [0.4, 0.5) is 5.69 Å². The van der Waals surface area contributed by atoms with Crippen LogP contribution in [-0.2, 0) is 25.3 Å². The lowest BCUT2D eigenvalue weighted by molar-refractivity contribution is -0.120. The number of esters is 1. The number of hydrogen-bond donors (Lipinski definition) is 1. The van der Waals surface area contributed by atoms with Crippen LogP contribution in [0.5, 0.6) is 0 Å². The van der Waals surface area contributed by atoms with Crippen LogP contribution in [0.1, 0.15) is 35.7 Å². The van der Waals surface area contributed by atoms with Gasteiger partial charge in [0, 0.05) is 34.4 Å². The molecule has 11 heteroatoms. The molecule has 7 nitrogen and oxygen atoms in total. The number of rotatable bonds is 7. The molecule has 0 saturated carbocycles. The van der Waals surface area contributed by atoms with Crippen LogP contribution < -0.4 is 5.32 Å². The molecule has 0 unspecified atom stereocenters. The lowest BCUT2D eigenvalue weighted by atomic mass is 9.98. The zero-order valence-corrected chi connectivity index (χ0v) is 20.9. The number of piperidine rings is 1. The van der Waals surface area contributed by atoms with Gasteiger partial charge in [0.05, 0.1) is 28.9 Å². The molecular weight excluding hydrogens is 511 g/mol. The van der Waals surface area contributed by atoms with Gasteiger partial charge < -0.3 is 10.1 Å². The third kappa shape index (κ3) is 6.39. The van der Waals surface area contributed by atoms with Crippen molar-refractivity contribution < 1.29 is 22.7 Å². The van der Waals surface area contributed by atoms with Gasteiger partial charge in [-0.05, 0) is 50.1 Å². The van der Waals surface area contributed by atoms with Gasteiger partial charge in [-0.25, -0.2) is 17.5 Å². The molecule has 1 aliphatic heterocycles. The predicted molar refractivity (Wildman–Crippen MR) is 129 cm³/mol. The largest absolute Gasteiger partial charge is 0.462 e. The number of hydrogen-bond acceptors (Lipinski definition) is 5. The van der Waals surface area contributed by atoms with Crippen LogP contribution in [0.25, 0.3) is 0 Å². The SMILES string of the molecule is CCOC(=O)c1ccc(NC(=O)[C@H]2CCCN(S(=O)(=O)Cc3c(Cl)cccc3Cl)C2)cc1Cl. The molecular formula is C22H23Cl3N2O5S. The van der Waals surface area contributed by atoms with Crippen molar-refractivity contribution in [1.82, 2.24) is 4.31 Å². The molecule has 0 radical (unpaired) electrons. The molecule has 1 atom stereocenters. The fraction of sp³-hybridized carbons (Fsp3) is 0.364. The van der Waals surface area contributed by atoms with Crippen LogP contribution in [0.15, 0.2) is 36.4 Å². The van der Waals surface area contributed by atoms with Crippen molar-refractivity contribution in [3.8, 4) is 0 Å². The molecule has 3 rings (SSSR count). The van der Waals surface area contributed by atoms with Crippen molar-refractivity contribution in [1.29, 1.82) is 0 Å². The number of benzene rings is 2. The molecule has 1 fully saturated rings. The van der Waals surface area contributed by atoms with Crippen LogP contribution in [0, 0.1) is 5.92 Å². The normalized spacial score (nSPS) is 16.9. The Bertz CT molecular complexity index is 1140. The van der Waals surface area contributed by atoms with Gasteiger partial charge >= 0.3 is 5.97 Å². The van der Waals surface area contributed by atoms with Crippen LogP contribution in [-0.4, -0.2) is 44.3 Å². The molecule has 1 heterocycles. The summed E-state index contributed by atoms with van der Waals surface area (Å²) in [5, 5.41) is 3.46. The van der Waals surface area contributed by atoms with Crippen molar-refractivity contribution in [3.05, 3.63) is 62.6 Å². The average molecular weight is 534 g/mol. The van der Waals surface area contributed by atoms with Crippen LogP contribution in [0.2, 0.25) is 15.1 Å². The Morgan fingerprint density at radius 1 is 1.12 bits per heavy atom. The Labute approximate surface area is 208 Å². The molecule has 0 aromatic heterocycles. The van der Waals surface area contributed by atoms with Crippen molar-refractivity contribution in [2.75, 3.05) is 25.0 Å². The van der Waals surface area contributed by atoms with Gasteiger partial charge in [-0.15, -0.1) is 0 Å². The Balaban J connectivity index is 1.68. The lowest BCUT2D eigenvalue weighted by Crippen LogP contribution is -2.44. The second-order valence-electron chi connectivity index (χ2n) is 7.56. The highest BCUT2D eigenvalue weighted by molar-refractivity contribution is 7.88. The number of nitrogens with zero attached hydrogens (tertiary/aromatic N) is 1. The summed E-state index contributed by atoms with van der Waals surface area (Å²) in [5.41, 5.74) is 0.939. The Morgan fingerprint density at radius 3 is 2.45 bits per heavy atom. The lowest BCUT2D eigenvalue weighted by Gasteiger charge is -2.31. The Morgan fingerprint density at radius 2 is 1.82 bits per heavy atom. The standard InChI is InChI=1S/C22H23Cl3N2O5S/c1-2-32-22(29)16-9-8-15(11-20(16)25)26-21(28)14-5-4-10-27(12-14)33(30,31)13-17-18(23)6-3-7-19(17)24/h3,6-9,11,14H,2,4-5,10,12-13H2,1H3,(H,26,28)/t14-/m0/s1. The number of carbonyl (C=O) groups is 2. The summed E-state index contributed by atoms with van der Waals surface area (Å²) in [6.45, 7) is 2.27. The van der Waals surface area contributed by atoms with Gasteiger partial charge in [-0.1, -0.05) is 40.9 Å². The minimum atomic E-state index is -3.74. The number of nitrogens with one attached hydrogen (secondary N) is 1. The minimum absolute atomic E-state index is 0.0465. The van der Waals surface area contributed by atoms with Crippen LogP contribution >= 0.6 is 34.8 Å². The number of anilines is 1. The molecule has 1 saturated heterocycles. The van der Waals surface area contributed by atoms with E-state index in [0.29, 0.717) is 30.6 Å². The molecule has 33 heavy (non-hydrogen) atoms. The quantitative estimate of drug-likeness (QED) is 0.505. The number of carbonyl (C=O) groups excluding carboxylic acids is 2. The maximum Gasteiger partial charge on any atom is 0.339 e. The highest BCUT2D eigenvalue weighted by Gasteiger charge is 2.33. The number of ether oxygens (including phenoxy) is 1. The molecule has 178 valence electrons. The van der Waals surface area contributed by atoms with Gasteiger partial charge in [-0.3, -0.25) is 4.79 Å². The van der Waals surface area contributed by atoms with E-state index in [1.54, 1.807) is 31.2 Å². The zero-order chi connectivity index (χ0) is 24.2. The van der Waals surface area contributed by atoms with E-state index in [9.17, 15) is 18.0 Å². The first kappa shape index (κ1) is 25.8. The second kappa shape index (κ2) is 11.1. The maximum atomic E-state index is 13.0. The van der Waals surface area contributed by atoms with E-state index in [1.165, 1.54) is 16.4 Å². The topological polar surface area (TPSA) is 92.8 Å². The van der Waals surface area contributed by atoms with Gasteiger partial charge in [-0.2, -0.15) is 0 Å². The first-order valence-corrected chi connectivity index (χ1v) is 13.0. The molecule has 1 aliphatic rings. The third-order valence-corrected chi connectivity index (χ3v) is 8.06. The van der Waals surface area contributed by atoms with Crippen molar-refractivity contribution in [2.24, 2.45) is 5.92 Å². The Hall–Kier alpha value is -1.84. The minimum Gasteiger partial charge on any atom is -0.462 e. The third-order valence-electron chi connectivity index (χ3n) is 5.27. The second-order valence-corrected chi connectivity index (χ2v) is 10.7. The fourth-order valence-electron chi connectivity index (χ4n) is 3.56.